The average Bonchev–Trinajstić information content (AvgIpc) is 2.94. The predicted molar refractivity (Wildman–Crippen MR) is 77.1 cm³/mol. The second-order valence-electron chi connectivity index (χ2n) is 6.16. The van der Waals surface area contributed by atoms with Crippen molar-refractivity contribution in [2.75, 3.05) is 13.2 Å². The van der Waals surface area contributed by atoms with E-state index in [0.29, 0.717) is 30.7 Å². The third-order valence-electron chi connectivity index (χ3n) is 3.44. The summed E-state index contributed by atoms with van der Waals surface area (Å²) in [6, 6.07) is 5.27. The van der Waals surface area contributed by atoms with Gasteiger partial charge in [-0.1, -0.05) is 25.9 Å². The number of benzene rings is 1. The Hall–Kier alpha value is -2.08. The number of rotatable bonds is 2. The molecule has 0 radical (unpaired) electrons. The Labute approximate surface area is 123 Å². The minimum atomic E-state index is -0.285. The lowest BCUT2D eigenvalue weighted by Crippen LogP contribution is -2.27. The molecule has 1 aliphatic rings. The summed E-state index contributed by atoms with van der Waals surface area (Å²) in [5, 5.41) is 3.99. The molecule has 0 fully saturated rings. The van der Waals surface area contributed by atoms with Gasteiger partial charge in [-0.15, -0.1) is 0 Å². The number of aromatic nitrogens is 2. The van der Waals surface area contributed by atoms with Crippen LogP contribution in [-0.4, -0.2) is 23.4 Å². The first kappa shape index (κ1) is 13.9. The van der Waals surface area contributed by atoms with Gasteiger partial charge in [0.1, 0.15) is 13.2 Å². The molecule has 2 N–H and O–H groups in total. The minimum absolute atomic E-state index is 0.131. The lowest BCUT2D eigenvalue weighted by atomic mass is 9.87. The molecule has 0 spiro atoms. The van der Waals surface area contributed by atoms with E-state index < -0.39 is 0 Å². The van der Waals surface area contributed by atoms with Gasteiger partial charge in [0.25, 0.3) is 5.89 Å². The van der Waals surface area contributed by atoms with Crippen LogP contribution in [0.1, 0.15) is 32.6 Å². The first-order chi connectivity index (χ1) is 9.95. The zero-order chi connectivity index (χ0) is 15.0. The SMILES string of the molecule is CC(C)(C)C(N)c1noc(-c2ccc3c(c2)OCCO3)n1. The predicted octanol–water partition coefficient (Wildman–Crippen LogP) is 2.55. The van der Waals surface area contributed by atoms with E-state index in [1.54, 1.807) is 0 Å². The first-order valence-corrected chi connectivity index (χ1v) is 6.94. The molecule has 0 aliphatic carbocycles. The van der Waals surface area contributed by atoms with Crippen LogP contribution in [0.4, 0.5) is 0 Å². The lowest BCUT2D eigenvalue weighted by molar-refractivity contribution is 0.171. The van der Waals surface area contributed by atoms with Gasteiger partial charge in [-0.3, -0.25) is 0 Å². The Balaban J connectivity index is 1.90. The van der Waals surface area contributed by atoms with Crippen LogP contribution in [0.15, 0.2) is 22.7 Å². The maximum absolute atomic E-state index is 6.14. The van der Waals surface area contributed by atoms with Crippen LogP contribution in [0.3, 0.4) is 0 Å². The summed E-state index contributed by atoms with van der Waals surface area (Å²) >= 11 is 0. The van der Waals surface area contributed by atoms with Gasteiger partial charge in [0.05, 0.1) is 6.04 Å². The van der Waals surface area contributed by atoms with E-state index in [0.717, 1.165) is 11.3 Å². The molecule has 21 heavy (non-hydrogen) atoms. The third-order valence-corrected chi connectivity index (χ3v) is 3.44. The number of nitrogens with two attached hydrogens (primary N) is 1. The smallest absolute Gasteiger partial charge is 0.258 e. The summed E-state index contributed by atoms with van der Waals surface area (Å²) in [5.74, 6) is 2.36. The van der Waals surface area contributed by atoms with Crippen molar-refractivity contribution >= 4 is 0 Å². The summed E-state index contributed by atoms with van der Waals surface area (Å²) in [6.07, 6.45) is 0. The molecule has 6 heteroatoms. The van der Waals surface area contributed by atoms with Gasteiger partial charge in [-0.25, -0.2) is 0 Å². The summed E-state index contributed by atoms with van der Waals surface area (Å²) < 4.78 is 16.4. The summed E-state index contributed by atoms with van der Waals surface area (Å²) in [4.78, 5) is 4.40. The minimum Gasteiger partial charge on any atom is -0.486 e. The van der Waals surface area contributed by atoms with Crippen molar-refractivity contribution in [1.29, 1.82) is 0 Å². The fourth-order valence-corrected chi connectivity index (χ4v) is 2.04. The van der Waals surface area contributed by atoms with Gasteiger partial charge in [0.15, 0.2) is 17.3 Å². The van der Waals surface area contributed by atoms with Gasteiger partial charge >= 0.3 is 0 Å². The van der Waals surface area contributed by atoms with Crippen LogP contribution >= 0.6 is 0 Å². The molecule has 0 bridgehead atoms. The van der Waals surface area contributed by atoms with E-state index >= 15 is 0 Å². The number of fused-ring (bicyclic) bond motifs is 1. The number of hydrogen-bond acceptors (Lipinski definition) is 6. The van der Waals surface area contributed by atoms with Crippen molar-refractivity contribution < 1.29 is 14.0 Å². The van der Waals surface area contributed by atoms with Gasteiger partial charge in [0, 0.05) is 5.56 Å². The zero-order valence-corrected chi connectivity index (χ0v) is 12.4. The second kappa shape index (κ2) is 5.04. The molecule has 0 saturated carbocycles. The van der Waals surface area contributed by atoms with E-state index in [-0.39, 0.29) is 11.5 Å². The van der Waals surface area contributed by atoms with Crippen LogP contribution in [-0.2, 0) is 0 Å². The van der Waals surface area contributed by atoms with E-state index in [1.165, 1.54) is 0 Å². The standard InChI is InChI=1S/C15H19N3O3/c1-15(2,3)12(16)13-17-14(21-18-13)9-4-5-10-11(8-9)20-7-6-19-10/h4-5,8,12H,6-7,16H2,1-3H3. The van der Waals surface area contributed by atoms with Crippen molar-refractivity contribution in [2.45, 2.75) is 26.8 Å². The van der Waals surface area contributed by atoms with Crippen LogP contribution in [0.25, 0.3) is 11.5 Å². The molecule has 1 aromatic heterocycles. The quantitative estimate of drug-likeness (QED) is 0.914. The second-order valence-corrected chi connectivity index (χ2v) is 6.16. The topological polar surface area (TPSA) is 83.4 Å². The molecule has 0 saturated heterocycles. The van der Waals surface area contributed by atoms with Crippen molar-refractivity contribution in [1.82, 2.24) is 10.1 Å². The summed E-state index contributed by atoms with van der Waals surface area (Å²) in [5.41, 5.74) is 6.80. The normalized spacial score (nSPS) is 15.8. The van der Waals surface area contributed by atoms with Crippen LogP contribution in [0.5, 0.6) is 11.5 Å². The van der Waals surface area contributed by atoms with Gasteiger partial charge in [-0.2, -0.15) is 4.98 Å². The largest absolute Gasteiger partial charge is 0.486 e. The van der Waals surface area contributed by atoms with Gasteiger partial charge in [-0.05, 0) is 23.6 Å². The van der Waals surface area contributed by atoms with Crippen molar-refractivity contribution in [3.8, 4) is 23.0 Å². The summed E-state index contributed by atoms with van der Waals surface area (Å²) in [6.45, 7) is 7.23. The highest BCUT2D eigenvalue weighted by Gasteiger charge is 2.27. The molecule has 2 aromatic rings. The Kier molecular flexibility index (Phi) is 3.33. The van der Waals surface area contributed by atoms with E-state index in [1.807, 2.05) is 39.0 Å². The number of hydrogen-bond donors (Lipinski definition) is 1. The lowest BCUT2D eigenvalue weighted by Gasteiger charge is -2.23. The molecule has 3 rings (SSSR count). The number of nitrogens with zero attached hydrogens (tertiary/aromatic N) is 2. The molecule has 1 aliphatic heterocycles. The molecule has 1 atom stereocenters. The highest BCUT2D eigenvalue weighted by molar-refractivity contribution is 5.60. The molecule has 1 unspecified atom stereocenters. The molecular formula is C15H19N3O3. The molecule has 6 nitrogen and oxygen atoms in total. The number of ether oxygens (including phenoxy) is 2. The van der Waals surface area contributed by atoms with Crippen molar-refractivity contribution in [3.05, 3.63) is 24.0 Å². The molecule has 2 heterocycles. The van der Waals surface area contributed by atoms with Gasteiger partial charge in [0.2, 0.25) is 0 Å². The average molecular weight is 289 g/mol. The third kappa shape index (κ3) is 2.71. The fourth-order valence-electron chi connectivity index (χ4n) is 2.04. The van der Waals surface area contributed by atoms with E-state index in [4.69, 9.17) is 19.7 Å². The fraction of sp³-hybridized carbons (Fsp3) is 0.467. The maximum Gasteiger partial charge on any atom is 0.258 e. The highest BCUT2D eigenvalue weighted by Crippen LogP contribution is 2.35. The molecule has 0 amide bonds. The molecule has 1 aromatic carbocycles. The maximum atomic E-state index is 6.14. The Morgan fingerprint density at radius 1 is 1.14 bits per heavy atom. The van der Waals surface area contributed by atoms with Gasteiger partial charge < -0.3 is 19.7 Å². The summed E-state index contributed by atoms with van der Waals surface area (Å²) in [7, 11) is 0. The zero-order valence-electron chi connectivity index (χ0n) is 12.4. The van der Waals surface area contributed by atoms with E-state index in [9.17, 15) is 0 Å². The van der Waals surface area contributed by atoms with Crippen LogP contribution in [0, 0.1) is 5.41 Å². The first-order valence-electron chi connectivity index (χ1n) is 6.94. The molecular weight excluding hydrogens is 270 g/mol. The monoisotopic (exact) mass is 289 g/mol. The van der Waals surface area contributed by atoms with Crippen molar-refractivity contribution in [2.24, 2.45) is 11.1 Å². The van der Waals surface area contributed by atoms with E-state index in [2.05, 4.69) is 10.1 Å². The van der Waals surface area contributed by atoms with Crippen molar-refractivity contribution in [3.63, 3.8) is 0 Å². The highest BCUT2D eigenvalue weighted by atomic mass is 16.6. The molecule has 112 valence electrons. The Morgan fingerprint density at radius 3 is 2.57 bits per heavy atom. The van der Waals surface area contributed by atoms with Crippen LogP contribution in [0.2, 0.25) is 0 Å². The Morgan fingerprint density at radius 2 is 1.86 bits per heavy atom. The Bertz CT molecular complexity index is 646. The van der Waals surface area contributed by atoms with Crippen LogP contribution < -0.4 is 15.2 Å².